The van der Waals surface area contributed by atoms with Crippen molar-refractivity contribution in [3.8, 4) is 11.3 Å². The van der Waals surface area contributed by atoms with Crippen molar-refractivity contribution in [2.75, 3.05) is 0 Å². The summed E-state index contributed by atoms with van der Waals surface area (Å²) in [6.07, 6.45) is 0. The predicted octanol–water partition coefficient (Wildman–Crippen LogP) is 3.35. The van der Waals surface area contributed by atoms with Gasteiger partial charge in [-0.1, -0.05) is 35.3 Å². The first-order valence-electron chi connectivity index (χ1n) is 4.32. The fraction of sp³-hybridized carbons (Fsp3) is 0. The van der Waals surface area contributed by atoms with Crippen molar-refractivity contribution in [3.63, 3.8) is 0 Å². The maximum absolute atomic E-state index is 11.1. The molecule has 2 rings (SSSR count). The Labute approximate surface area is 96.5 Å². The molecule has 0 aliphatic heterocycles. The number of aromatic nitrogens is 1. The molecule has 0 unspecified atom stereocenters. The van der Waals surface area contributed by atoms with Crippen LogP contribution in [0.5, 0.6) is 0 Å². The summed E-state index contributed by atoms with van der Waals surface area (Å²) < 4.78 is 0. The summed E-state index contributed by atoms with van der Waals surface area (Å²) in [5.41, 5.74) is 1.10. The molecule has 76 valence electrons. The summed E-state index contributed by atoms with van der Waals surface area (Å²) in [6.45, 7) is 0. The van der Waals surface area contributed by atoms with Gasteiger partial charge < -0.3 is 4.98 Å². The molecule has 0 spiro atoms. The van der Waals surface area contributed by atoms with Gasteiger partial charge in [0.1, 0.15) is 0 Å². The second-order valence-corrected chi connectivity index (χ2v) is 3.84. The third-order valence-electron chi connectivity index (χ3n) is 2.00. The maximum Gasteiger partial charge on any atom is 0.248 e. The number of aromatic amines is 1. The summed E-state index contributed by atoms with van der Waals surface area (Å²) in [6, 6.07) is 10.1. The molecule has 0 saturated carbocycles. The van der Waals surface area contributed by atoms with Gasteiger partial charge in [-0.3, -0.25) is 4.79 Å². The van der Waals surface area contributed by atoms with E-state index in [1.54, 1.807) is 30.3 Å². The van der Waals surface area contributed by atoms with Gasteiger partial charge >= 0.3 is 0 Å². The molecule has 0 bridgehead atoms. The smallest absolute Gasteiger partial charge is 0.248 e. The van der Waals surface area contributed by atoms with E-state index in [1.807, 2.05) is 0 Å². The fourth-order valence-electron chi connectivity index (χ4n) is 1.35. The minimum absolute atomic E-state index is 0.177. The molecule has 1 N–H and O–H groups in total. The van der Waals surface area contributed by atoms with Gasteiger partial charge in [0.15, 0.2) is 0 Å². The first-order chi connectivity index (χ1) is 7.18. The van der Waals surface area contributed by atoms with Gasteiger partial charge in [0, 0.05) is 11.6 Å². The van der Waals surface area contributed by atoms with Gasteiger partial charge in [-0.25, -0.2) is 0 Å². The van der Waals surface area contributed by atoms with E-state index < -0.39 is 0 Å². The average Bonchev–Trinajstić information content (AvgIpc) is 2.17. The molecule has 0 aliphatic rings. The molecule has 4 heteroatoms. The average molecular weight is 240 g/mol. The fourth-order valence-corrected chi connectivity index (χ4v) is 1.95. The number of hydrogen-bond donors (Lipinski definition) is 1. The lowest BCUT2D eigenvalue weighted by atomic mass is 10.1. The zero-order valence-electron chi connectivity index (χ0n) is 7.63. The van der Waals surface area contributed by atoms with Crippen molar-refractivity contribution < 1.29 is 0 Å². The zero-order valence-corrected chi connectivity index (χ0v) is 9.14. The molecule has 2 nitrogen and oxygen atoms in total. The lowest BCUT2D eigenvalue weighted by Gasteiger charge is -2.05. The molecule has 1 heterocycles. The van der Waals surface area contributed by atoms with Crippen LogP contribution in [0.25, 0.3) is 11.3 Å². The molecule has 2 aromatic rings. The molecule has 0 fully saturated rings. The van der Waals surface area contributed by atoms with Crippen LogP contribution >= 0.6 is 23.2 Å². The Balaban J connectivity index is 2.69. The number of halogens is 2. The summed E-state index contributed by atoms with van der Waals surface area (Å²) in [5, 5.41) is 1.04. The van der Waals surface area contributed by atoms with Gasteiger partial charge in [-0.15, -0.1) is 0 Å². The van der Waals surface area contributed by atoms with Crippen LogP contribution in [0.4, 0.5) is 0 Å². The second kappa shape index (κ2) is 4.09. The van der Waals surface area contributed by atoms with Crippen LogP contribution in [-0.4, -0.2) is 4.98 Å². The highest BCUT2D eigenvalue weighted by atomic mass is 35.5. The van der Waals surface area contributed by atoms with Crippen molar-refractivity contribution >= 4 is 23.2 Å². The number of nitrogens with one attached hydrogen (secondary N) is 1. The van der Waals surface area contributed by atoms with Gasteiger partial charge in [-0.2, -0.15) is 0 Å². The highest BCUT2D eigenvalue weighted by molar-refractivity contribution is 6.39. The number of rotatable bonds is 1. The standard InChI is InChI=1S/C11H7Cl2NO/c12-7-3-1-4-8(13)11(7)9-5-2-6-10(15)14-9/h1-6H,(H,14,15). The van der Waals surface area contributed by atoms with E-state index in [1.165, 1.54) is 6.07 Å². The third-order valence-corrected chi connectivity index (χ3v) is 2.63. The number of pyridine rings is 1. The zero-order chi connectivity index (χ0) is 10.8. The van der Waals surface area contributed by atoms with Gasteiger partial charge in [0.05, 0.1) is 15.7 Å². The van der Waals surface area contributed by atoms with E-state index in [0.29, 0.717) is 21.3 Å². The van der Waals surface area contributed by atoms with Crippen molar-refractivity contribution in [2.45, 2.75) is 0 Å². The molecule has 1 aromatic carbocycles. The van der Waals surface area contributed by atoms with Crippen LogP contribution in [0.3, 0.4) is 0 Å². The molecule has 0 radical (unpaired) electrons. The number of H-pyrrole nitrogens is 1. The Morgan fingerprint density at radius 2 is 1.53 bits per heavy atom. The van der Waals surface area contributed by atoms with Crippen molar-refractivity contribution in [2.24, 2.45) is 0 Å². The first kappa shape index (κ1) is 10.3. The van der Waals surface area contributed by atoms with Gasteiger partial charge in [0.2, 0.25) is 5.56 Å². The molecular weight excluding hydrogens is 233 g/mol. The molecule has 0 atom stereocenters. The highest BCUT2D eigenvalue weighted by Gasteiger charge is 2.07. The van der Waals surface area contributed by atoms with Crippen LogP contribution in [0, 0.1) is 0 Å². The Bertz CT molecular complexity index is 528. The van der Waals surface area contributed by atoms with Crippen molar-refractivity contribution in [3.05, 3.63) is 56.8 Å². The molecule has 0 saturated heterocycles. The first-order valence-corrected chi connectivity index (χ1v) is 5.08. The normalized spacial score (nSPS) is 10.3. The SMILES string of the molecule is O=c1cccc(-c2c(Cl)cccc2Cl)[nH]1. The highest BCUT2D eigenvalue weighted by Crippen LogP contribution is 2.32. The van der Waals surface area contributed by atoms with Crippen LogP contribution in [0.15, 0.2) is 41.2 Å². The molecule has 1 aromatic heterocycles. The summed E-state index contributed by atoms with van der Waals surface area (Å²) >= 11 is 12.0. The lowest BCUT2D eigenvalue weighted by Crippen LogP contribution is -2.03. The van der Waals surface area contributed by atoms with E-state index in [2.05, 4.69) is 4.98 Å². The van der Waals surface area contributed by atoms with E-state index in [9.17, 15) is 4.79 Å². The van der Waals surface area contributed by atoms with E-state index >= 15 is 0 Å². The Morgan fingerprint density at radius 1 is 0.933 bits per heavy atom. The number of hydrogen-bond acceptors (Lipinski definition) is 1. The van der Waals surface area contributed by atoms with Gasteiger partial charge in [-0.05, 0) is 18.2 Å². The quantitative estimate of drug-likeness (QED) is 0.814. The summed E-state index contributed by atoms with van der Waals surface area (Å²) in [4.78, 5) is 13.8. The predicted molar refractivity (Wildman–Crippen MR) is 62.5 cm³/mol. The Kier molecular flexibility index (Phi) is 2.80. The summed E-state index contributed by atoms with van der Waals surface area (Å²) in [7, 11) is 0. The van der Waals surface area contributed by atoms with Crippen LogP contribution in [0.2, 0.25) is 10.0 Å². The molecule has 15 heavy (non-hydrogen) atoms. The maximum atomic E-state index is 11.1. The van der Waals surface area contributed by atoms with E-state index in [4.69, 9.17) is 23.2 Å². The third kappa shape index (κ3) is 2.06. The molecule has 0 amide bonds. The lowest BCUT2D eigenvalue weighted by molar-refractivity contribution is 1.24. The van der Waals surface area contributed by atoms with Gasteiger partial charge in [0.25, 0.3) is 0 Å². The van der Waals surface area contributed by atoms with Crippen LogP contribution in [0.1, 0.15) is 0 Å². The number of benzene rings is 1. The van der Waals surface area contributed by atoms with E-state index in [-0.39, 0.29) is 5.56 Å². The van der Waals surface area contributed by atoms with Crippen LogP contribution < -0.4 is 5.56 Å². The van der Waals surface area contributed by atoms with Crippen molar-refractivity contribution in [1.29, 1.82) is 0 Å². The molecule has 0 aliphatic carbocycles. The van der Waals surface area contributed by atoms with Crippen molar-refractivity contribution in [1.82, 2.24) is 4.98 Å². The van der Waals surface area contributed by atoms with Crippen LogP contribution in [-0.2, 0) is 0 Å². The minimum atomic E-state index is -0.177. The largest absolute Gasteiger partial charge is 0.322 e. The Hall–Kier alpha value is -1.25. The Morgan fingerprint density at radius 3 is 2.13 bits per heavy atom. The second-order valence-electron chi connectivity index (χ2n) is 3.03. The summed E-state index contributed by atoms with van der Waals surface area (Å²) in [5.74, 6) is 0. The topological polar surface area (TPSA) is 32.9 Å². The monoisotopic (exact) mass is 239 g/mol. The minimum Gasteiger partial charge on any atom is -0.322 e. The van der Waals surface area contributed by atoms with E-state index in [0.717, 1.165) is 0 Å². The molecular formula is C11H7Cl2NO.